The van der Waals surface area contributed by atoms with Gasteiger partial charge in [-0.3, -0.25) is 4.79 Å². The van der Waals surface area contributed by atoms with Crippen LogP contribution in [0.4, 0.5) is 18.9 Å². The van der Waals surface area contributed by atoms with Gasteiger partial charge in [0.25, 0.3) is 5.91 Å². The van der Waals surface area contributed by atoms with Gasteiger partial charge in [0.15, 0.2) is 5.69 Å². The van der Waals surface area contributed by atoms with Gasteiger partial charge in [-0.15, -0.1) is 0 Å². The molecule has 0 radical (unpaired) electrons. The first-order valence-corrected chi connectivity index (χ1v) is 8.35. The van der Waals surface area contributed by atoms with E-state index in [4.69, 9.17) is 11.6 Å². The molecule has 1 aromatic heterocycles. The zero-order chi connectivity index (χ0) is 19.8. The Hall–Kier alpha value is -2.80. The molecule has 0 fully saturated rings. The molecule has 2 aromatic carbocycles. The third kappa shape index (κ3) is 3.83. The molecule has 0 aliphatic rings. The lowest BCUT2D eigenvalue weighted by atomic mass is 10.1. The van der Waals surface area contributed by atoms with Crippen molar-refractivity contribution in [2.45, 2.75) is 20.0 Å². The molecular weight excluding hydrogens is 379 g/mol. The fraction of sp³-hybridized carbons (Fsp3) is 0.158. The molecular formula is C19H15ClF3N3O. The van der Waals surface area contributed by atoms with Crippen LogP contribution < -0.4 is 5.32 Å². The van der Waals surface area contributed by atoms with Gasteiger partial charge in [-0.2, -0.15) is 18.3 Å². The first-order valence-electron chi connectivity index (χ1n) is 7.97. The summed E-state index contributed by atoms with van der Waals surface area (Å²) < 4.78 is 41.7. The number of benzene rings is 2. The van der Waals surface area contributed by atoms with Crippen LogP contribution in [-0.2, 0) is 6.18 Å². The highest BCUT2D eigenvalue weighted by atomic mass is 35.5. The lowest BCUT2D eigenvalue weighted by molar-refractivity contribution is -0.143. The number of amides is 1. The number of alkyl halides is 3. The van der Waals surface area contributed by atoms with Gasteiger partial charge in [0.05, 0.1) is 17.4 Å². The molecule has 0 atom stereocenters. The van der Waals surface area contributed by atoms with E-state index in [-0.39, 0.29) is 5.69 Å². The van der Waals surface area contributed by atoms with Crippen molar-refractivity contribution in [2.75, 3.05) is 5.32 Å². The lowest BCUT2D eigenvalue weighted by Gasteiger charge is -2.14. The van der Waals surface area contributed by atoms with Crippen molar-refractivity contribution >= 4 is 23.2 Å². The quantitative estimate of drug-likeness (QED) is 0.646. The van der Waals surface area contributed by atoms with Crippen LogP contribution in [-0.4, -0.2) is 15.7 Å². The first-order chi connectivity index (χ1) is 12.7. The van der Waals surface area contributed by atoms with E-state index in [2.05, 4.69) is 10.4 Å². The molecule has 1 amide bonds. The summed E-state index contributed by atoms with van der Waals surface area (Å²) >= 11 is 5.79. The maximum Gasteiger partial charge on any atom is 0.434 e. The molecule has 0 bridgehead atoms. The summed E-state index contributed by atoms with van der Waals surface area (Å²) in [6.07, 6.45) is -3.86. The number of anilines is 1. The number of aromatic nitrogens is 2. The van der Waals surface area contributed by atoms with Crippen molar-refractivity contribution in [1.82, 2.24) is 9.78 Å². The number of nitrogens with zero attached hydrogens (tertiary/aromatic N) is 2. The second-order valence-corrected chi connectivity index (χ2v) is 6.43. The number of rotatable bonds is 3. The molecule has 1 N–H and O–H groups in total. The van der Waals surface area contributed by atoms with Crippen molar-refractivity contribution in [2.24, 2.45) is 0 Å². The Morgan fingerprint density at radius 2 is 1.78 bits per heavy atom. The minimum absolute atomic E-state index is 0.150. The number of hydrogen-bond acceptors (Lipinski definition) is 2. The van der Waals surface area contributed by atoms with E-state index in [0.29, 0.717) is 15.4 Å². The Kier molecular flexibility index (Phi) is 4.97. The summed E-state index contributed by atoms with van der Waals surface area (Å²) in [4.78, 5) is 12.6. The number of carbonyl (C=O) groups is 1. The predicted molar refractivity (Wildman–Crippen MR) is 97.4 cm³/mol. The van der Waals surface area contributed by atoms with Crippen LogP contribution in [0, 0.1) is 13.8 Å². The number of nitrogens with one attached hydrogen (secondary N) is 1. The summed E-state index contributed by atoms with van der Waals surface area (Å²) in [5, 5.41) is 6.70. The summed E-state index contributed by atoms with van der Waals surface area (Å²) in [5.41, 5.74) is 0.598. The maximum atomic E-state index is 13.7. The molecule has 140 valence electrons. The summed E-state index contributed by atoms with van der Waals surface area (Å²) in [6.45, 7) is 3.64. The summed E-state index contributed by atoms with van der Waals surface area (Å²) in [5.74, 6) is -0.878. The van der Waals surface area contributed by atoms with Gasteiger partial charge in [-0.05, 0) is 55.3 Å². The van der Waals surface area contributed by atoms with Crippen molar-refractivity contribution in [3.05, 3.63) is 76.1 Å². The lowest BCUT2D eigenvalue weighted by Crippen LogP contribution is -2.21. The van der Waals surface area contributed by atoms with Crippen molar-refractivity contribution in [3.63, 3.8) is 0 Å². The van der Waals surface area contributed by atoms with Gasteiger partial charge >= 0.3 is 6.18 Å². The average Bonchev–Trinajstić information content (AvgIpc) is 3.05. The highest BCUT2D eigenvalue weighted by Gasteiger charge is 2.40. The molecule has 0 saturated carbocycles. The minimum Gasteiger partial charge on any atom is -0.322 e. The number of aryl methyl sites for hydroxylation is 1. The van der Waals surface area contributed by atoms with Gasteiger partial charge in [-0.1, -0.05) is 23.7 Å². The minimum atomic E-state index is -4.77. The van der Waals surface area contributed by atoms with Crippen molar-refractivity contribution in [3.8, 4) is 5.69 Å². The summed E-state index contributed by atoms with van der Waals surface area (Å²) in [7, 11) is 0. The molecule has 0 aliphatic heterocycles. The summed E-state index contributed by atoms with van der Waals surface area (Å²) in [6, 6.07) is 10.9. The fourth-order valence-electron chi connectivity index (χ4n) is 2.64. The molecule has 27 heavy (non-hydrogen) atoms. The second-order valence-electron chi connectivity index (χ2n) is 5.99. The molecule has 3 aromatic rings. The van der Waals surface area contributed by atoms with Crippen LogP contribution in [0.1, 0.15) is 27.2 Å². The van der Waals surface area contributed by atoms with Crippen LogP contribution >= 0.6 is 11.6 Å². The normalized spacial score (nSPS) is 11.5. The van der Waals surface area contributed by atoms with Crippen LogP contribution in [0.3, 0.4) is 0 Å². The largest absolute Gasteiger partial charge is 0.434 e. The number of halogens is 4. The smallest absolute Gasteiger partial charge is 0.322 e. The van der Waals surface area contributed by atoms with E-state index in [9.17, 15) is 18.0 Å². The van der Waals surface area contributed by atoms with Gasteiger partial charge in [0.1, 0.15) is 0 Å². The average molecular weight is 394 g/mol. The molecule has 8 heteroatoms. The zero-order valence-electron chi connectivity index (χ0n) is 14.4. The molecule has 0 aliphatic carbocycles. The second kappa shape index (κ2) is 7.08. The fourth-order valence-corrected chi connectivity index (χ4v) is 2.77. The highest BCUT2D eigenvalue weighted by molar-refractivity contribution is 6.30. The Labute approximate surface area is 158 Å². The molecule has 4 nitrogen and oxygen atoms in total. The Balaban J connectivity index is 2.04. The third-order valence-electron chi connectivity index (χ3n) is 4.21. The predicted octanol–water partition coefficient (Wildman–Crippen LogP) is 5.41. The molecule has 1 heterocycles. The number of carbonyl (C=O) groups excluding carboxylic acids is 1. The highest BCUT2D eigenvalue weighted by Crippen LogP contribution is 2.34. The van der Waals surface area contributed by atoms with E-state index < -0.39 is 23.3 Å². The van der Waals surface area contributed by atoms with Crippen LogP contribution in [0.2, 0.25) is 5.02 Å². The van der Waals surface area contributed by atoms with Crippen molar-refractivity contribution in [1.29, 1.82) is 0 Å². The Morgan fingerprint density at radius 3 is 2.41 bits per heavy atom. The molecule has 0 saturated heterocycles. The van der Waals surface area contributed by atoms with E-state index in [1.54, 1.807) is 19.1 Å². The van der Waals surface area contributed by atoms with E-state index >= 15 is 0 Å². The topological polar surface area (TPSA) is 46.9 Å². The third-order valence-corrected chi connectivity index (χ3v) is 4.46. The first kappa shape index (κ1) is 19.0. The van der Waals surface area contributed by atoms with E-state index in [1.807, 2.05) is 13.0 Å². The Morgan fingerprint density at radius 1 is 1.11 bits per heavy atom. The van der Waals surface area contributed by atoms with Crippen LogP contribution in [0.15, 0.2) is 48.7 Å². The monoisotopic (exact) mass is 393 g/mol. The maximum absolute atomic E-state index is 13.7. The van der Waals surface area contributed by atoms with Gasteiger partial charge in [0, 0.05) is 10.7 Å². The van der Waals surface area contributed by atoms with Gasteiger partial charge in [0.2, 0.25) is 0 Å². The SMILES string of the molecule is Cc1cccc(NC(=O)c2cnn(-c3ccc(Cl)cc3)c2C(F)(F)F)c1C. The van der Waals surface area contributed by atoms with Gasteiger partial charge < -0.3 is 5.32 Å². The van der Waals surface area contributed by atoms with Crippen LogP contribution in [0.25, 0.3) is 5.69 Å². The van der Waals surface area contributed by atoms with Crippen molar-refractivity contribution < 1.29 is 18.0 Å². The van der Waals surface area contributed by atoms with Gasteiger partial charge in [-0.25, -0.2) is 4.68 Å². The molecule has 0 unspecified atom stereocenters. The number of hydrogen-bond donors (Lipinski definition) is 1. The van der Waals surface area contributed by atoms with E-state index in [0.717, 1.165) is 17.3 Å². The van der Waals surface area contributed by atoms with E-state index in [1.165, 1.54) is 24.3 Å². The standard InChI is InChI=1S/C19H15ClF3N3O/c1-11-4-3-5-16(12(11)2)25-18(27)15-10-24-26(17(15)19(21,22)23)14-8-6-13(20)7-9-14/h3-10H,1-2H3,(H,25,27). The zero-order valence-corrected chi connectivity index (χ0v) is 15.2. The molecule has 0 spiro atoms. The Bertz CT molecular complexity index is 994. The molecule has 3 rings (SSSR count). The van der Waals surface area contributed by atoms with Crippen LogP contribution in [0.5, 0.6) is 0 Å².